The highest BCUT2D eigenvalue weighted by atomic mass is 32.2. The standard InChI is InChI=1S/C25H36N3O2S.CH4/c1-19-10-11-23(20(2)16-19)31-24-9-7-6-8-22(24)26-12-14-27(15-13-26)25(30)17-21(29)18-28(3,4)5;/h6-11,16,21,29H,12-15,17-18H2,1-5H3;1H4/q+1;/t21-;/m1./s1. The zero-order valence-electron chi connectivity index (χ0n) is 19.5. The van der Waals surface area contributed by atoms with Gasteiger partial charge < -0.3 is 19.4 Å². The van der Waals surface area contributed by atoms with Crippen LogP contribution in [0.25, 0.3) is 0 Å². The molecule has 1 amide bonds. The SMILES string of the molecule is C.Cc1ccc(Sc2ccccc2N2CCN(C(=O)C[C@@H](O)C[N+](C)(C)C)CC2)c(C)c1. The molecule has 32 heavy (non-hydrogen) atoms. The quantitative estimate of drug-likeness (QED) is 0.632. The lowest BCUT2D eigenvalue weighted by atomic mass is 10.2. The number of likely N-dealkylation sites (N-methyl/N-ethyl adjacent to an activating group) is 1. The lowest BCUT2D eigenvalue weighted by Gasteiger charge is -2.37. The van der Waals surface area contributed by atoms with Gasteiger partial charge in [-0.15, -0.1) is 0 Å². The summed E-state index contributed by atoms with van der Waals surface area (Å²) in [6.07, 6.45) is -0.394. The number of aryl methyl sites for hydroxylation is 2. The summed E-state index contributed by atoms with van der Waals surface area (Å²) >= 11 is 1.81. The Kier molecular flexibility index (Phi) is 9.19. The van der Waals surface area contributed by atoms with Gasteiger partial charge in [-0.1, -0.05) is 49.0 Å². The predicted molar refractivity (Wildman–Crippen MR) is 136 cm³/mol. The van der Waals surface area contributed by atoms with Crippen molar-refractivity contribution in [3.05, 3.63) is 53.6 Å². The van der Waals surface area contributed by atoms with Crippen molar-refractivity contribution in [2.24, 2.45) is 0 Å². The van der Waals surface area contributed by atoms with Crippen LogP contribution in [0.15, 0.2) is 52.3 Å². The van der Waals surface area contributed by atoms with E-state index in [1.165, 1.54) is 26.6 Å². The first-order valence-electron chi connectivity index (χ1n) is 11.0. The maximum Gasteiger partial charge on any atom is 0.225 e. The highest BCUT2D eigenvalue weighted by Gasteiger charge is 2.26. The van der Waals surface area contributed by atoms with Crippen molar-refractivity contribution >= 4 is 23.4 Å². The minimum Gasteiger partial charge on any atom is -0.387 e. The van der Waals surface area contributed by atoms with Gasteiger partial charge in [0.05, 0.1) is 33.3 Å². The average Bonchev–Trinajstić information content (AvgIpc) is 2.69. The van der Waals surface area contributed by atoms with E-state index in [1.54, 1.807) is 11.8 Å². The lowest BCUT2D eigenvalue weighted by molar-refractivity contribution is -0.873. The Balaban J connectivity index is 0.00000363. The minimum absolute atomic E-state index is 0. The predicted octanol–water partition coefficient (Wildman–Crippen LogP) is 4.20. The largest absolute Gasteiger partial charge is 0.387 e. The molecule has 0 spiro atoms. The van der Waals surface area contributed by atoms with Gasteiger partial charge >= 0.3 is 0 Å². The van der Waals surface area contributed by atoms with Gasteiger partial charge in [0.1, 0.15) is 12.6 Å². The number of nitrogens with zero attached hydrogens (tertiary/aromatic N) is 3. The van der Waals surface area contributed by atoms with E-state index in [2.05, 4.69) is 61.2 Å². The summed E-state index contributed by atoms with van der Waals surface area (Å²) in [5.41, 5.74) is 3.80. The molecule has 0 unspecified atom stereocenters. The number of quaternary nitrogens is 1. The molecule has 0 radical (unpaired) electrons. The molecule has 0 bridgehead atoms. The summed E-state index contributed by atoms with van der Waals surface area (Å²) in [6.45, 7) is 7.86. The van der Waals surface area contributed by atoms with Crippen molar-refractivity contribution in [3.63, 3.8) is 0 Å². The molecule has 2 aromatic rings. The molecule has 0 aromatic heterocycles. The van der Waals surface area contributed by atoms with E-state index < -0.39 is 6.10 Å². The molecule has 3 rings (SSSR count). The van der Waals surface area contributed by atoms with Crippen LogP contribution in [0.3, 0.4) is 0 Å². The van der Waals surface area contributed by atoms with Gasteiger partial charge in [0, 0.05) is 36.0 Å². The lowest BCUT2D eigenvalue weighted by Crippen LogP contribution is -2.50. The van der Waals surface area contributed by atoms with Crippen LogP contribution in [0.5, 0.6) is 0 Å². The van der Waals surface area contributed by atoms with Crippen LogP contribution >= 0.6 is 11.8 Å². The number of aliphatic hydroxyl groups excluding tert-OH is 1. The summed E-state index contributed by atoms with van der Waals surface area (Å²) in [6, 6.07) is 15.1. The molecule has 176 valence electrons. The van der Waals surface area contributed by atoms with Gasteiger partial charge in [-0.05, 0) is 37.6 Å². The molecule has 0 saturated carbocycles. The van der Waals surface area contributed by atoms with Crippen LogP contribution in [-0.2, 0) is 4.79 Å². The van der Waals surface area contributed by atoms with Crippen molar-refractivity contribution < 1.29 is 14.4 Å². The second-order valence-corrected chi connectivity index (χ2v) is 10.6. The molecule has 5 nitrogen and oxygen atoms in total. The number of para-hydroxylation sites is 1. The Hall–Kier alpha value is -2.02. The summed E-state index contributed by atoms with van der Waals surface area (Å²) in [4.78, 5) is 19.4. The Morgan fingerprint density at radius 1 is 1.03 bits per heavy atom. The van der Waals surface area contributed by atoms with Gasteiger partial charge in [0.25, 0.3) is 0 Å². The Morgan fingerprint density at radius 2 is 1.69 bits per heavy atom. The van der Waals surface area contributed by atoms with Gasteiger partial charge in [-0.25, -0.2) is 0 Å². The van der Waals surface area contributed by atoms with E-state index in [0.717, 1.165) is 13.1 Å². The third kappa shape index (κ3) is 7.26. The third-order valence-electron chi connectivity index (χ3n) is 5.56. The van der Waals surface area contributed by atoms with Crippen LogP contribution in [0.1, 0.15) is 25.0 Å². The van der Waals surface area contributed by atoms with E-state index in [1.807, 2.05) is 26.0 Å². The van der Waals surface area contributed by atoms with Gasteiger partial charge in [-0.3, -0.25) is 4.79 Å². The zero-order chi connectivity index (χ0) is 22.6. The van der Waals surface area contributed by atoms with E-state index in [0.29, 0.717) is 24.1 Å². The van der Waals surface area contributed by atoms with E-state index in [9.17, 15) is 9.90 Å². The van der Waals surface area contributed by atoms with Crippen molar-refractivity contribution in [1.29, 1.82) is 0 Å². The number of carbonyl (C=O) groups is 1. The van der Waals surface area contributed by atoms with Crippen molar-refractivity contribution in [2.75, 3.05) is 58.8 Å². The maximum absolute atomic E-state index is 12.6. The number of benzene rings is 2. The first-order chi connectivity index (χ1) is 14.6. The monoisotopic (exact) mass is 458 g/mol. The Labute approximate surface area is 198 Å². The smallest absolute Gasteiger partial charge is 0.225 e. The van der Waals surface area contributed by atoms with E-state index in [-0.39, 0.29) is 19.8 Å². The van der Waals surface area contributed by atoms with Crippen LogP contribution < -0.4 is 4.90 Å². The third-order valence-corrected chi connectivity index (χ3v) is 6.80. The highest BCUT2D eigenvalue weighted by Crippen LogP contribution is 2.37. The molecule has 1 saturated heterocycles. The summed E-state index contributed by atoms with van der Waals surface area (Å²) in [7, 11) is 6.08. The molecule has 1 fully saturated rings. The van der Waals surface area contributed by atoms with Crippen LogP contribution in [-0.4, -0.2) is 80.4 Å². The molecule has 6 heteroatoms. The summed E-state index contributed by atoms with van der Waals surface area (Å²) in [5.74, 6) is 0.0542. The van der Waals surface area contributed by atoms with Crippen LogP contribution in [0.2, 0.25) is 0 Å². The number of piperazine rings is 1. The number of amides is 1. The second kappa shape index (κ2) is 11.2. The zero-order valence-corrected chi connectivity index (χ0v) is 20.3. The van der Waals surface area contributed by atoms with Crippen molar-refractivity contribution in [3.8, 4) is 0 Å². The van der Waals surface area contributed by atoms with Crippen molar-refractivity contribution in [2.45, 2.75) is 43.6 Å². The second-order valence-electron chi connectivity index (χ2n) is 9.54. The fourth-order valence-electron chi connectivity index (χ4n) is 4.06. The normalized spacial score (nSPS) is 15.3. The van der Waals surface area contributed by atoms with Crippen molar-refractivity contribution in [1.82, 2.24) is 4.90 Å². The molecule has 1 N–H and O–H groups in total. The number of carbonyl (C=O) groups excluding carboxylic acids is 1. The maximum atomic E-state index is 12.6. The molecule has 1 atom stereocenters. The average molecular weight is 459 g/mol. The highest BCUT2D eigenvalue weighted by molar-refractivity contribution is 7.99. The number of rotatable bonds is 7. The molecule has 2 aromatic carbocycles. The van der Waals surface area contributed by atoms with Crippen LogP contribution in [0.4, 0.5) is 5.69 Å². The number of aliphatic hydroxyl groups is 1. The number of hydrogen-bond acceptors (Lipinski definition) is 4. The molecule has 0 aliphatic carbocycles. The fourth-order valence-corrected chi connectivity index (χ4v) is 5.10. The molecule has 1 aliphatic heterocycles. The minimum atomic E-state index is -0.597. The summed E-state index contributed by atoms with van der Waals surface area (Å²) < 4.78 is 0.650. The van der Waals surface area contributed by atoms with Crippen LogP contribution in [0, 0.1) is 13.8 Å². The Bertz CT molecular complexity index is 902. The van der Waals surface area contributed by atoms with Gasteiger partial charge in [0.2, 0.25) is 5.91 Å². The molecular formula is C26H40N3O2S+. The number of anilines is 1. The van der Waals surface area contributed by atoms with E-state index >= 15 is 0 Å². The summed E-state index contributed by atoms with van der Waals surface area (Å²) in [5, 5.41) is 10.3. The Morgan fingerprint density at radius 3 is 2.31 bits per heavy atom. The van der Waals surface area contributed by atoms with Gasteiger partial charge in [0.15, 0.2) is 0 Å². The fraction of sp³-hybridized carbons (Fsp3) is 0.500. The first-order valence-corrected chi connectivity index (χ1v) is 11.8. The topological polar surface area (TPSA) is 43.8 Å². The first kappa shape index (κ1) is 26.2. The van der Waals surface area contributed by atoms with E-state index in [4.69, 9.17) is 0 Å². The molecular weight excluding hydrogens is 418 g/mol. The van der Waals surface area contributed by atoms with Gasteiger partial charge in [-0.2, -0.15) is 0 Å². The number of hydrogen-bond donors (Lipinski definition) is 1. The molecule has 1 aliphatic rings. The molecule has 1 heterocycles.